The summed E-state index contributed by atoms with van der Waals surface area (Å²) in [6.45, 7) is 3.42. The molecule has 2 nitrogen and oxygen atoms in total. The number of rotatable bonds is 0. The van der Waals surface area contributed by atoms with Gasteiger partial charge in [-0.15, -0.1) is 11.6 Å². The Morgan fingerprint density at radius 3 is 2.93 bits per heavy atom. The zero-order chi connectivity index (χ0) is 10.3. The van der Waals surface area contributed by atoms with Gasteiger partial charge in [0.25, 0.3) is 0 Å². The molecule has 2 aliphatic heterocycles. The van der Waals surface area contributed by atoms with Crippen LogP contribution in [-0.2, 0) is 0 Å². The summed E-state index contributed by atoms with van der Waals surface area (Å²) < 4.78 is 0. The first kappa shape index (κ1) is 9.73. The Morgan fingerprint density at radius 1 is 1.33 bits per heavy atom. The van der Waals surface area contributed by atoms with E-state index < -0.39 is 0 Å². The average molecular weight is 225 g/mol. The summed E-state index contributed by atoms with van der Waals surface area (Å²) in [6, 6.07) is 0. The van der Waals surface area contributed by atoms with Gasteiger partial charge in [-0.2, -0.15) is 0 Å². The Balaban J connectivity index is 1.91. The highest BCUT2D eigenvalue weighted by atomic mass is 35.5. The lowest BCUT2D eigenvalue weighted by atomic mass is 9.73. The number of hydrogen-bond acceptors (Lipinski definition) is 2. The van der Waals surface area contributed by atoms with Gasteiger partial charge in [-0.3, -0.25) is 0 Å². The number of alkyl halides is 1. The molecule has 15 heavy (non-hydrogen) atoms. The van der Waals surface area contributed by atoms with Gasteiger partial charge in [0.1, 0.15) is 0 Å². The van der Waals surface area contributed by atoms with E-state index in [1.54, 1.807) is 5.57 Å². The molecule has 0 amide bonds. The molecular formula is C12H17ClN2. The molecule has 1 saturated heterocycles. The zero-order valence-corrected chi connectivity index (χ0v) is 9.61. The summed E-state index contributed by atoms with van der Waals surface area (Å²) in [5.74, 6) is 0. The van der Waals surface area contributed by atoms with E-state index in [4.69, 9.17) is 11.6 Å². The van der Waals surface area contributed by atoms with Crippen LogP contribution in [0.5, 0.6) is 0 Å². The maximum atomic E-state index is 6.14. The number of hydrogen-bond donors (Lipinski definition) is 2. The van der Waals surface area contributed by atoms with Gasteiger partial charge in [-0.05, 0) is 31.5 Å². The van der Waals surface area contributed by atoms with Crippen molar-refractivity contribution in [2.75, 3.05) is 19.6 Å². The van der Waals surface area contributed by atoms with Crippen LogP contribution in [0.25, 0.3) is 0 Å². The van der Waals surface area contributed by atoms with Gasteiger partial charge >= 0.3 is 0 Å². The topological polar surface area (TPSA) is 24.1 Å². The summed E-state index contributed by atoms with van der Waals surface area (Å²) in [5, 5.41) is 7.19. The SMILES string of the molecule is ClC1C=CC2=C(C1)NCC21CCNCC1. The second-order valence-corrected chi connectivity index (χ2v) is 5.42. The van der Waals surface area contributed by atoms with Crippen LogP contribution in [0.2, 0.25) is 0 Å². The lowest BCUT2D eigenvalue weighted by molar-refractivity contribution is 0.273. The van der Waals surface area contributed by atoms with E-state index in [-0.39, 0.29) is 5.38 Å². The lowest BCUT2D eigenvalue weighted by Crippen LogP contribution is -2.39. The first-order valence-electron chi connectivity index (χ1n) is 5.81. The van der Waals surface area contributed by atoms with Crippen LogP contribution in [-0.4, -0.2) is 25.0 Å². The number of halogens is 1. The minimum absolute atomic E-state index is 0.188. The summed E-state index contributed by atoms with van der Waals surface area (Å²) >= 11 is 6.14. The molecule has 0 saturated carbocycles. The van der Waals surface area contributed by atoms with Crippen LogP contribution in [0.1, 0.15) is 19.3 Å². The second-order valence-electron chi connectivity index (χ2n) is 4.86. The summed E-state index contributed by atoms with van der Waals surface area (Å²) in [7, 11) is 0. The average Bonchev–Trinajstić information content (AvgIpc) is 2.58. The molecule has 1 aliphatic carbocycles. The Morgan fingerprint density at radius 2 is 2.13 bits per heavy atom. The molecule has 0 bridgehead atoms. The third-order valence-corrected chi connectivity index (χ3v) is 4.27. The number of allylic oxidation sites excluding steroid dienone is 3. The normalized spacial score (nSPS) is 33.0. The van der Waals surface area contributed by atoms with Crippen LogP contribution in [0.3, 0.4) is 0 Å². The fourth-order valence-electron chi connectivity index (χ4n) is 3.06. The molecule has 0 aromatic heterocycles. The van der Waals surface area contributed by atoms with Crippen molar-refractivity contribution < 1.29 is 0 Å². The highest BCUT2D eigenvalue weighted by molar-refractivity contribution is 6.22. The second kappa shape index (κ2) is 3.53. The molecule has 0 aromatic rings. The Kier molecular flexibility index (Phi) is 2.29. The molecule has 1 fully saturated rings. The Bertz CT molecular complexity index is 327. The van der Waals surface area contributed by atoms with Crippen LogP contribution in [0.15, 0.2) is 23.4 Å². The number of nitrogens with one attached hydrogen (secondary N) is 2. The van der Waals surface area contributed by atoms with E-state index in [2.05, 4.69) is 22.8 Å². The van der Waals surface area contributed by atoms with Crippen molar-refractivity contribution in [3.05, 3.63) is 23.4 Å². The number of fused-ring (bicyclic) bond motifs is 1. The fourth-order valence-corrected chi connectivity index (χ4v) is 3.29. The van der Waals surface area contributed by atoms with Gasteiger partial charge in [0.05, 0.1) is 5.38 Å². The molecule has 1 atom stereocenters. The van der Waals surface area contributed by atoms with Crippen LogP contribution in [0, 0.1) is 5.41 Å². The van der Waals surface area contributed by atoms with Crippen molar-refractivity contribution in [2.24, 2.45) is 5.41 Å². The van der Waals surface area contributed by atoms with Crippen molar-refractivity contribution in [1.29, 1.82) is 0 Å². The standard InChI is InChI=1S/C12H17ClN2/c13-9-1-2-10-11(7-9)15-8-12(10)3-5-14-6-4-12/h1-2,9,14-15H,3-8H2. The molecule has 1 unspecified atom stereocenters. The monoisotopic (exact) mass is 224 g/mol. The van der Waals surface area contributed by atoms with Crippen LogP contribution in [0.4, 0.5) is 0 Å². The third-order valence-electron chi connectivity index (χ3n) is 3.97. The van der Waals surface area contributed by atoms with Crippen LogP contribution >= 0.6 is 11.6 Å². The maximum absolute atomic E-state index is 6.14. The van der Waals surface area contributed by atoms with E-state index in [1.165, 1.54) is 18.5 Å². The molecule has 2 heterocycles. The molecule has 1 spiro atoms. The zero-order valence-electron chi connectivity index (χ0n) is 8.85. The molecule has 2 N–H and O–H groups in total. The van der Waals surface area contributed by atoms with E-state index in [0.29, 0.717) is 5.41 Å². The molecule has 3 rings (SSSR count). The predicted molar refractivity (Wildman–Crippen MR) is 63.0 cm³/mol. The summed E-state index contributed by atoms with van der Waals surface area (Å²) in [5.41, 5.74) is 3.36. The number of piperidine rings is 1. The highest BCUT2D eigenvalue weighted by Gasteiger charge is 2.41. The van der Waals surface area contributed by atoms with E-state index >= 15 is 0 Å². The highest BCUT2D eigenvalue weighted by Crippen LogP contribution is 2.44. The first-order chi connectivity index (χ1) is 7.30. The van der Waals surface area contributed by atoms with Gasteiger partial charge in [0.2, 0.25) is 0 Å². The van der Waals surface area contributed by atoms with Gasteiger partial charge < -0.3 is 10.6 Å². The van der Waals surface area contributed by atoms with Gasteiger partial charge in [0, 0.05) is 24.1 Å². The maximum Gasteiger partial charge on any atom is 0.0573 e. The van der Waals surface area contributed by atoms with E-state index in [0.717, 1.165) is 26.1 Å². The van der Waals surface area contributed by atoms with Crippen molar-refractivity contribution in [3.63, 3.8) is 0 Å². The smallest absolute Gasteiger partial charge is 0.0573 e. The van der Waals surface area contributed by atoms with Gasteiger partial charge in [-0.25, -0.2) is 0 Å². The molecular weight excluding hydrogens is 208 g/mol. The van der Waals surface area contributed by atoms with Crippen molar-refractivity contribution in [3.8, 4) is 0 Å². The van der Waals surface area contributed by atoms with E-state index in [9.17, 15) is 0 Å². The largest absolute Gasteiger partial charge is 0.387 e. The minimum Gasteiger partial charge on any atom is -0.387 e. The lowest BCUT2D eigenvalue weighted by Gasteiger charge is -2.35. The quantitative estimate of drug-likeness (QED) is 0.613. The Labute approximate surface area is 95.8 Å². The molecule has 0 radical (unpaired) electrons. The summed E-state index contributed by atoms with van der Waals surface area (Å²) in [4.78, 5) is 0. The summed E-state index contributed by atoms with van der Waals surface area (Å²) in [6.07, 6.45) is 7.92. The van der Waals surface area contributed by atoms with Gasteiger partial charge in [0.15, 0.2) is 0 Å². The van der Waals surface area contributed by atoms with Crippen molar-refractivity contribution in [2.45, 2.75) is 24.6 Å². The minimum atomic E-state index is 0.188. The Hall–Kier alpha value is -0.470. The predicted octanol–water partition coefficient (Wildman–Crippen LogP) is 1.78. The molecule has 82 valence electrons. The fraction of sp³-hybridized carbons (Fsp3) is 0.667. The van der Waals surface area contributed by atoms with Crippen molar-refractivity contribution >= 4 is 11.6 Å². The molecule has 3 aliphatic rings. The van der Waals surface area contributed by atoms with E-state index in [1.807, 2.05) is 0 Å². The third kappa shape index (κ3) is 1.51. The molecule has 0 aromatic carbocycles. The van der Waals surface area contributed by atoms with Crippen molar-refractivity contribution in [1.82, 2.24) is 10.6 Å². The van der Waals surface area contributed by atoms with Gasteiger partial charge in [-0.1, -0.05) is 12.2 Å². The van der Waals surface area contributed by atoms with Crippen LogP contribution < -0.4 is 10.6 Å². The molecule has 3 heteroatoms. The first-order valence-corrected chi connectivity index (χ1v) is 6.24.